The Kier molecular flexibility index (Phi) is 4.46. The largest absolute Gasteiger partial charge is 0.492 e. The maximum atomic E-state index is 11.3. The van der Waals surface area contributed by atoms with Crippen molar-refractivity contribution in [3.63, 3.8) is 0 Å². The van der Waals surface area contributed by atoms with E-state index in [-0.39, 0.29) is 29.9 Å². The number of carbonyl (C=O) groups excluding carboxylic acids is 1. The molecule has 0 bridgehead atoms. The van der Waals surface area contributed by atoms with Crippen molar-refractivity contribution in [1.29, 1.82) is 5.26 Å². The number of rotatable bonds is 6. The highest BCUT2D eigenvalue weighted by Crippen LogP contribution is 2.42. The minimum absolute atomic E-state index is 0.0540. The summed E-state index contributed by atoms with van der Waals surface area (Å²) in [5.74, 6) is 0.126. The zero-order valence-corrected chi connectivity index (χ0v) is 15.4. The van der Waals surface area contributed by atoms with Gasteiger partial charge in [-0.2, -0.15) is 5.26 Å². The Labute approximate surface area is 162 Å². The third-order valence-electron chi connectivity index (χ3n) is 4.59. The molecule has 0 spiro atoms. The van der Waals surface area contributed by atoms with E-state index in [9.17, 15) is 10.1 Å². The van der Waals surface area contributed by atoms with Gasteiger partial charge in [-0.1, -0.05) is 44.7 Å². The summed E-state index contributed by atoms with van der Waals surface area (Å²) in [6.07, 6.45) is -1.80. The number of benzene rings is 2. The maximum Gasteiger partial charge on any atom is 0.245 e. The fraction of sp³-hybridized carbons (Fsp3) is 0.273. The molecule has 0 unspecified atom stereocenters. The highest BCUT2D eigenvalue weighted by molar-refractivity contribution is 5.92. The van der Waals surface area contributed by atoms with E-state index < -0.39 is 12.3 Å². The number of nitrogens with two attached hydrogens (primary N) is 1. The Bertz CT molecular complexity index is 1020. The second kappa shape index (κ2) is 7.55. The molecule has 27 heavy (non-hydrogen) atoms. The van der Waals surface area contributed by atoms with Gasteiger partial charge < -0.3 is 15.8 Å². The van der Waals surface area contributed by atoms with Gasteiger partial charge >= 0.3 is 0 Å². The summed E-state index contributed by atoms with van der Waals surface area (Å²) in [5.41, 5.74) is 8.91. The zero-order valence-electron chi connectivity index (χ0n) is 17.4. The first-order chi connectivity index (χ1) is 13.7. The van der Waals surface area contributed by atoms with Crippen LogP contribution in [-0.4, -0.2) is 19.1 Å². The predicted molar refractivity (Wildman–Crippen MR) is 107 cm³/mol. The fourth-order valence-corrected chi connectivity index (χ4v) is 2.97. The summed E-state index contributed by atoms with van der Waals surface area (Å²) in [6.45, 7) is 7.73. The molecule has 0 aliphatic carbocycles. The Morgan fingerprint density at radius 2 is 2.15 bits per heavy atom. The molecule has 5 heteroatoms. The molecule has 1 heterocycles. The lowest BCUT2D eigenvalue weighted by molar-refractivity contribution is -0.114. The van der Waals surface area contributed by atoms with Crippen LogP contribution in [0.3, 0.4) is 0 Å². The van der Waals surface area contributed by atoms with E-state index in [0.29, 0.717) is 22.9 Å². The van der Waals surface area contributed by atoms with Crippen LogP contribution in [0.5, 0.6) is 5.75 Å². The minimum Gasteiger partial charge on any atom is -0.492 e. The molecule has 1 amide bonds. The van der Waals surface area contributed by atoms with Crippen LogP contribution >= 0.6 is 0 Å². The number of nitriles is 1. The standard InChI is InChI=1S/C22H23N3O2/c1-13(2)15-4-6-16(7-5-15)18-10-20(25-12-14(3)22(24)26)19(11-23)17-8-9-27-21(17)18/h4-7,10,13,25H,3,8-9,12H2,1-2H3,(H2,24,26)/i8D2. The van der Waals surface area contributed by atoms with Crippen molar-refractivity contribution >= 4 is 11.6 Å². The van der Waals surface area contributed by atoms with Gasteiger partial charge in [0.2, 0.25) is 5.91 Å². The lowest BCUT2D eigenvalue weighted by Crippen LogP contribution is -2.19. The molecule has 138 valence electrons. The maximum absolute atomic E-state index is 11.3. The Morgan fingerprint density at radius 1 is 1.44 bits per heavy atom. The van der Waals surface area contributed by atoms with Crippen LogP contribution in [0.25, 0.3) is 11.1 Å². The minimum atomic E-state index is -1.80. The number of nitrogens with zero attached hydrogens (tertiary/aromatic N) is 1. The number of anilines is 1. The summed E-state index contributed by atoms with van der Waals surface area (Å²) in [7, 11) is 0. The molecule has 0 aromatic heterocycles. The van der Waals surface area contributed by atoms with E-state index in [1.54, 1.807) is 6.07 Å². The van der Waals surface area contributed by atoms with E-state index in [0.717, 1.165) is 5.56 Å². The van der Waals surface area contributed by atoms with Gasteiger partial charge in [-0.3, -0.25) is 4.79 Å². The summed E-state index contributed by atoms with van der Waals surface area (Å²) < 4.78 is 22.3. The average molecular weight is 363 g/mol. The quantitative estimate of drug-likeness (QED) is 0.765. The lowest BCUT2D eigenvalue weighted by atomic mass is 9.94. The van der Waals surface area contributed by atoms with E-state index in [1.807, 2.05) is 24.3 Å². The van der Waals surface area contributed by atoms with Crippen molar-refractivity contribution in [3.8, 4) is 22.9 Å². The second-order valence-corrected chi connectivity index (χ2v) is 6.73. The van der Waals surface area contributed by atoms with E-state index in [1.165, 1.54) is 5.56 Å². The van der Waals surface area contributed by atoms with Crippen LogP contribution in [-0.2, 0) is 11.2 Å². The van der Waals surface area contributed by atoms with Crippen LogP contribution in [0.4, 0.5) is 5.69 Å². The Balaban J connectivity index is 2.15. The van der Waals surface area contributed by atoms with Crippen molar-refractivity contribution in [2.45, 2.75) is 26.1 Å². The average Bonchev–Trinajstić information content (AvgIpc) is 3.00. The number of amides is 1. The van der Waals surface area contributed by atoms with Crippen molar-refractivity contribution in [2.75, 3.05) is 18.5 Å². The van der Waals surface area contributed by atoms with Crippen molar-refractivity contribution in [1.82, 2.24) is 0 Å². The molecule has 0 fully saturated rings. The third kappa shape index (κ3) is 3.65. The van der Waals surface area contributed by atoms with Crippen LogP contribution in [0.1, 0.15) is 39.2 Å². The molecule has 5 nitrogen and oxygen atoms in total. The molecule has 0 atom stereocenters. The predicted octanol–water partition coefficient (Wildman–Crippen LogP) is 3.74. The van der Waals surface area contributed by atoms with Crippen LogP contribution < -0.4 is 15.8 Å². The fourth-order valence-electron chi connectivity index (χ4n) is 2.97. The van der Waals surface area contributed by atoms with Gasteiger partial charge in [0, 0.05) is 32.4 Å². The zero-order chi connectivity index (χ0) is 21.3. The number of hydrogen-bond acceptors (Lipinski definition) is 4. The first-order valence-electron chi connectivity index (χ1n) is 9.72. The topological polar surface area (TPSA) is 88.1 Å². The third-order valence-corrected chi connectivity index (χ3v) is 4.59. The highest BCUT2D eigenvalue weighted by Gasteiger charge is 2.24. The molecular weight excluding hydrogens is 338 g/mol. The SMILES string of the molecule is [2H]C1([2H])COc2c(-c3ccc(C(C)C)cc3)cc(NCC(=C)C(N)=O)c(C#N)c21. The van der Waals surface area contributed by atoms with E-state index in [4.69, 9.17) is 13.2 Å². The number of ether oxygens (including phenoxy) is 1. The van der Waals surface area contributed by atoms with Crippen LogP contribution in [0, 0.1) is 11.3 Å². The molecule has 3 N–H and O–H groups in total. The number of fused-ring (bicyclic) bond motifs is 1. The molecule has 0 saturated carbocycles. The molecule has 1 aliphatic heterocycles. The molecular formula is C22H23N3O2. The number of nitrogens with one attached hydrogen (secondary N) is 1. The van der Waals surface area contributed by atoms with Gasteiger partial charge in [-0.25, -0.2) is 0 Å². The van der Waals surface area contributed by atoms with Gasteiger partial charge in [-0.15, -0.1) is 0 Å². The molecule has 3 rings (SSSR count). The Morgan fingerprint density at radius 3 is 2.74 bits per heavy atom. The van der Waals surface area contributed by atoms with Gasteiger partial charge in [0.1, 0.15) is 11.8 Å². The molecule has 0 radical (unpaired) electrons. The first kappa shape index (κ1) is 16.0. The summed E-state index contributed by atoms with van der Waals surface area (Å²) in [6, 6.07) is 11.8. The Hall–Kier alpha value is -3.26. The molecule has 2 aromatic rings. The van der Waals surface area contributed by atoms with Crippen molar-refractivity contribution in [2.24, 2.45) is 5.73 Å². The smallest absolute Gasteiger partial charge is 0.245 e. The first-order valence-corrected chi connectivity index (χ1v) is 8.72. The van der Waals surface area contributed by atoms with Crippen LogP contribution in [0.2, 0.25) is 0 Å². The monoisotopic (exact) mass is 363 g/mol. The lowest BCUT2D eigenvalue weighted by Gasteiger charge is -2.16. The molecule has 0 saturated heterocycles. The van der Waals surface area contributed by atoms with Gasteiger partial charge in [-0.05, 0) is 23.1 Å². The van der Waals surface area contributed by atoms with E-state index in [2.05, 4.69) is 31.8 Å². The van der Waals surface area contributed by atoms with Gasteiger partial charge in [0.15, 0.2) is 0 Å². The second-order valence-electron chi connectivity index (χ2n) is 6.73. The summed E-state index contributed by atoms with van der Waals surface area (Å²) >= 11 is 0. The number of carbonyl (C=O) groups is 1. The summed E-state index contributed by atoms with van der Waals surface area (Å²) in [5, 5.41) is 12.7. The number of hydrogen-bond donors (Lipinski definition) is 2. The normalized spacial score (nSPS) is 15.2. The molecule has 2 aromatic carbocycles. The highest BCUT2D eigenvalue weighted by atomic mass is 16.5. The van der Waals surface area contributed by atoms with E-state index >= 15 is 0 Å². The summed E-state index contributed by atoms with van der Waals surface area (Å²) in [4.78, 5) is 11.3. The van der Waals surface area contributed by atoms with Gasteiger partial charge in [0.25, 0.3) is 0 Å². The van der Waals surface area contributed by atoms with Crippen LogP contribution in [0.15, 0.2) is 42.5 Å². The van der Waals surface area contributed by atoms with Crippen molar-refractivity contribution < 1.29 is 12.3 Å². The van der Waals surface area contributed by atoms with Gasteiger partial charge in [0.05, 0.1) is 17.9 Å². The van der Waals surface area contributed by atoms with Crippen molar-refractivity contribution in [3.05, 3.63) is 59.2 Å². The number of primary amides is 1. The molecule has 1 aliphatic rings.